The molecule has 0 bridgehead atoms. The van der Waals surface area contributed by atoms with Gasteiger partial charge in [0.1, 0.15) is 12.4 Å². The molecule has 6 heteroatoms. The van der Waals surface area contributed by atoms with Gasteiger partial charge in [-0.3, -0.25) is 0 Å². The van der Waals surface area contributed by atoms with Crippen LogP contribution in [0.3, 0.4) is 0 Å². The number of allylic oxidation sites excluding steroid dienone is 1. The predicted octanol–water partition coefficient (Wildman–Crippen LogP) is 1.73. The number of para-hydroxylation sites is 1. The molecule has 0 heterocycles. The number of rotatable bonds is 8. The first-order valence-corrected chi connectivity index (χ1v) is 6.62. The Morgan fingerprint density at radius 2 is 1.77 bits per heavy atom. The molecule has 1 aromatic carbocycles. The van der Waals surface area contributed by atoms with Crippen molar-refractivity contribution in [3.63, 3.8) is 0 Å². The Labute approximate surface area is 129 Å². The van der Waals surface area contributed by atoms with Gasteiger partial charge in [0.05, 0.1) is 0 Å². The maximum atomic E-state index is 9.10. The number of carboxylic acid groups (broad SMARTS) is 2. The number of hydrogen-bond acceptors (Lipinski definition) is 4. The lowest BCUT2D eigenvalue weighted by Crippen LogP contribution is -2.21. The van der Waals surface area contributed by atoms with Crippen molar-refractivity contribution in [2.75, 3.05) is 19.7 Å². The zero-order chi connectivity index (χ0) is 16.8. The molecule has 0 amide bonds. The molecular weight excluding hydrogens is 286 g/mol. The van der Waals surface area contributed by atoms with Crippen LogP contribution in [0.1, 0.15) is 5.56 Å². The van der Waals surface area contributed by atoms with Crippen LogP contribution >= 0.6 is 0 Å². The summed E-state index contributed by atoms with van der Waals surface area (Å²) in [6.45, 7) is 9.69. The largest absolute Gasteiger partial charge is 0.492 e. The van der Waals surface area contributed by atoms with Gasteiger partial charge in [0.2, 0.25) is 0 Å². The quantitative estimate of drug-likeness (QED) is 0.384. The lowest BCUT2D eigenvalue weighted by atomic mass is 10.1. The van der Waals surface area contributed by atoms with Crippen LogP contribution in [0.5, 0.6) is 5.75 Å². The summed E-state index contributed by atoms with van der Waals surface area (Å²) >= 11 is 0. The summed E-state index contributed by atoms with van der Waals surface area (Å²) in [6, 6.07) is 8.06. The van der Waals surface area contributed by atoms with E-state index in [1.165, 1.54) is 5.56 Å². The molecule has 3 N–H and O–H groups in total. The average molecular weight is 307 g/mol. The van der Waals surface area contributed by atoms with Crippen molar-refractivity contribution in [1.82, 2.24) is 5.32 Å². The highest BCUT2D eigenvalue weighted by atomic mass is 16.5. The Morgan fingerprint density at radius 1 is 1.14 bits per heavy atom. The van der Waals surface area contributed by atoms with E-state index in [9.17, 15) is 0 Å². The summed E-state index contributed by atoms with van der Waals surface area (Å²) in [4.78, 5) is 18.2. The van der Waals surface area contributed by atoms with Crippen molar-refractivity contribution < 1.29 is 24.5 Å². The van der Waals surface area contributed by atoms with Gasteiger partial charge in [-0.2, -0.15) is 0 Å². The van der Waals surface area contributed by atoms with Crippen LogP contribution < -0.4 is 10.1 Å². The smallest absolute Gasteiger partial charge is 0.414 e. The number of carbonyl (C=O) groups is 2. The molecule has 0 aliphatic carbocycles. The Bertz CT molecular complexity index is 487. The fourth-order valence-corrected chi connectivity index (χ4v) is 1.41. The molecular formula is C16H21NO5. The fraction of sp³-hybridized carbons (Fsp3) is 0.250. The second-order valence-corrected chi connectivity index (χ2v) is 4.05. The van der Waals surface area contributed by atoms with Crippen molar-refractivity contribution in [2.24, 2.45) is 0 Å². The van der Waals surface area contributed by atoms with Crippen molar-refractivity contribution in [2.45, 2.75) is 6.42 Å². The van der Waals surface area contributed by atoms with Crippen molar-refractivity contribution in [1.29, 1.82) is 0 Å². The number of ether oxygens (including phenoxy) is 1. The van der Waals surface area contributed by atoms with E-state index in [1.54, 1.807) is 0 Å². The molecule has 1 aromatic rings. The highest BCUT2D eigenvalue weighted by Crippen LogP contribution is 2.18. The second-order valence-electron chi connectivity index (χ2n) is 4.05. The summed E-state index contributed by atoms with van der Waals surface area (Å²) in [6.07, 6.45) is 4.57. The third-order valence-electron chi connectivity index (χ3n) is 2.34. The topological polar surface area (TPSA) is 95.9 Å². The monoisotopic (exact) mass is 307 g/mol. The molecule has 0 atom stereocenters. The number of carboxylic acids is 2. The summed E-state index contributed by atoms with van der Waals surface area (Å²) < 4.78 is 5.69. The average Bonchev–Trinajstić information content (AvgIpc) is 2.49. The van der Waals surface area contributed by atoms with Crippen LogP contribution in [0.15, 0.2) is 49.6 Å². The van der Waals surface area contributed by atoms with Gasteiger partial charge in [0.25, 0.3) is 0 Å². The molecule has 6 nitrogen and oxygen atoms in total. The summed E-state index contributed by atoms with van der Waals surface area (Å²) in [7, 11) is 0. The van der Waals surface area contributed by atoms with Gasteiger partial charge in [0, 0.05) is 13.1 Å². The molecule has 120 valence electrons. The lowest BCUT2D eigenvalue weighted by molar-refractivity contribution is -0.159. The molecule has 0 radical (unpaired) electrons. The van der Waals surface area contributed by atoms with Crippen molar-refractivity contribution in [3.8, 4) is 5.75 Å². The SMILES string of the molecule is C=CCNCCOc1ccccc1CC=C.O=C(O)C(=O)O. The third-order valence-corrected chi connectivity index (χ3v) is 2.34. The minimum absolute atomic E-state index is 0.669. The number of hydrogen-bond donors (Lipinski definition) is 3. The van der Waals surface area contributed by atoms with Gasteiger partial charge in [0.15, 0.2) is 0 Å². The Hall–Kier alpha value is -2.60. The highest BCUT2D eigenvalue weighted by Gasteiger charge is 2.04. The van der Waals surface area contributed by atoms with Gasteiger partial charge in [-0.25, -0.2) is 9.59 Å². The number of aliphatic carboxylic acids is 2. The molecule has 0 unspecified atom stereocenters. The lowest BCUT2D eigenvalue weighted by Gasteiger charge is -2.10. The van der Waals surface area contributed by atoms with Crippen LogP contribution in [-0.4, -0.2) is 41.8 Å². The third kappa shape index (κ3) is 9.33. The molecule has 0 fully saturated rings. The van der Waals surface area contributed by atoms with Crippen LogP contribution in [0.25, 0.3) is 0 Å². The molecule has 1 rings (SSSR count). The maximum Gasteiger partial charge on any atom is 0.414 e. The van der Waals surface area contributed by atoms with E-state index in [0.29, 0.717) is 6.61 Å². The molecule has 0 saturated heterocycles. The van der Waals surface area contributed by atoms with Crippen LogP contribution in [0.2, 0.25) is 0 Å². The van der Waals surface area contributed by atoms with E-state index < -0.39 is 11.9 Å². The fourth-order valence-electron chi connectivity index (χ4n) is 1.41. The Morgan fingerprint density at radius 3 is 2.32 bits per heavy atom. The summed E-state index contributed by atoms with van der Waals surface area (Å²) in [5.41, 5.74) is 1.18. The molecule has 0 aliphatic heterocycles. The van der Waals surface area contributed by atoms with E-state index in [-0.39, 0.29) is 0 Å². The van der Waals surface area contributed by atoms with E-state index >= 15 is 0 Å². The molecule has 0 aliphatic rings. The zero-order valence-corrected chi connectivity index (χ0v) is 12.3. The van der Waals surface area contributed by atoms with E-state index in [2.05, 4.69) is 24.5 Å². The second kappa shape index (κ2) is 12.2. The Balaban J connectivity index is 0.000000626. The normalized spacial score (nSPS) is 9.09. The maximum absolute atomic E-state index is 9.10. The first-order valence-electron chi connectivity index (χ1n) is 6.62. The predicted molar refractivity (Wildman–Crippen MR) is 84.2 cm³/mol. The zero-order valence-electron chi connectivity index (χ0n) is 12.3. The van der Waals surface area contributed by atoms with Crippen molar-refractivity contribution in [3.05, 3.63) is 55.1 Å². The highest BCUT2D eigenvalue weighted by molar-refractivity contribution is 6.27. The van der Waals surface area contributed by atoms with Gasteiger partial charge in [-0.1, -0.05) is 30.4 Å². The molecule has 0 aromatic heterocycles. The van der Waals surface area contributed by atoms with Gasteiger partial charge in [-0.15, -0.1) is 13.2 Å². The molecule has 0 saturated carbocycles. The van der Waals surface area contributed by atoms with Gasteiger partial charge < -0.3 is 20.3 Å². The van der Waals surface area contributed by atoms with E-state index in [0.717, 1.165) is 25.3 Å². The van der Waals surface area contributed by atoms with Gasteiger partial charge in [-0.05, 0) is 18.1 Å². The summed E-state index contributed by atoms with van der Waals surface area (Å²) in [5.74, 6) is -2.70. The molecule has 0 spiro atoms. The minimum Gasteiger partial charge on any atom is -0.492 e. The van der Waals surface area contributed by atoms with Crippen LogP contribution in [-0.2, 0) is 16.0 Å². The van der Waals surface area contributed by atoms with E-state index in [4.69, 9.17) is 24.5 Å². The molecule has 22 heavy (non-hydrogen) atoms. The number of nitrogens with one attached hydrogen (secondary N) is 1. The standard InChI is InChI=1S/C14H19NO.C2H2O4/c1-3-7-13-8-5-6-9-14(13)16-12-11-15-10-4-2;3-1(4)2(5)6/h3-6,8-9,15H,1-2,7,10-12H2;(H,3,4)(H,5,6). The minimum atomic E-state index is -1.82. The Kier molecular flexibility index (Phi) is 10.7. The van der Waals surface area contributed by atoms with Gasteiger partial charge >= 0.3 is 11.9 Å². The van der Waals surface area contributed by atoms with Crippen LogP contribution in [0.4, 0.5) is 0 Å². The van der Waals surface area contributed by atoms with Crippen LogP contribution in [0, 0.1) is 0 Å². The van der Waals surface area contributed by atoms with Crippen molar-refractivity contribution >= 4 is 11.9 Å². The first kappa shape index (κ1) is 19.4. The van der Waals surface area contributed by atoms with E-state index in [1.807, 2.05) is 30.4 Å². The summed E-state index contributed by atoms with van der Waals surface area (Å²) in [5, 5.41) is 18.0. The number of benzene rings is 1. The first-order chi connectivity index (χ1) is 10.5.